The second kappa shape index (κ2) is 7.72. The van der Waals surface area contributed by atoms with Crippen molar-refractivity contribution in [3.8, 4) is 5.75 Å². The maximum absolute atomic E-state index is 12.8. The molecule has 2 saturated heterocycles. The third-order valence-electron chi connectivity index (χ3n) is 5.60. The van der Waals surface area contributed by atoms with Gasteiger partial charge in [-0.2, -0.15) is 0 Å². The molecule has 28 heavy (non-hydrogen) atoms. The number of rotatable bonds is 5. The quantitative estimate of drug-likeness (QED) is 0.838. The average Bonchev–Trinajstić information content (AvgIpc) is 3.37. The first-order valence-corrected chi connectivity index (χ1v) is 10.1. The van der Waals surface area contributed by atoms with Crippen molar-refractivity contribution >= 4 is 17.5 Å². The van der Waals surface area contributed by atoms with Gasteiger partial charge >= 0.3 is 0 Å². The molecule has 0 aromatic heterocycles. The minimum atomic E-state index is -0.489. The van der Waals surface area contributed by atoms with E-state index >= 15 is 0 Å². The fourth-order valence-corrected chi connectivity index (χ4v) is 4.00. The lowest BCUT2D eigenvalue weighted by Gasteiger charge is -2.37. The third-order valence-corrected chi connectivity index (χ3v) is 5.60. The number of nitrogens with zero attached hydrogens (tertiary/aromatic N) is 1. The first-order valence-electron chi connectivity index (χ1n) is 10.1. The highest BCUT2D eigenvalue weighted by Crippen LogP contribution is 2.42. The SMILES string of the molecule is CC(C)Oc1ccccc1NC(=O)C1CC1C(=O)N1CCC2(CC1)OCCO2. The molecule has 7 heteroatoms. The normalized spacial score (nSPS) is 25.8. The summed E-state index contributed by atoms with van der Waals surface area (Å²) in [5.41, 5.74) is 0.648. The van der Waals surface area contributed by atoms with Gasteiger partial charge in [0, 0.05) is 25.9 Å². The summed E-state index contributed by atoms with van der Waals surface area (Å²) in [7, 11) is 0. The first-order chi connectivity index (χ1) is 13.5. The zero-order chi connectivity index (χ0) is 19.7. The lowest BCUT2D eigenvalue weighted by Crippen LogP contribution is -2.48. The van der Waals surface area contributed by atoms with E-state index in [2.05, 4.69) is 5.32 Å². The minimum absolute atomic E-state index is 0.0172. The Balaban J connectivity index is 1.31. The van der Waals surface area contributed by atoms with Gasteiger partial charge in [0.15, 0.2) is 5.79 Å². The molecule has 3 fully saturated rings. The van der Waals surface area contributed by atoms with Crippen LogP contribution in [0.1, 0.15) is 33.1 Å². The number of carbonyl (C=O) groups excluding carboxylic acids is 2. The van der Waals surface area contributed by atoms with Crippen LogP contribution in [0.3, 0.4) is 0 Å². The molecule has 1 aliphatic carbocycles. The summed E-state index contributed by atoms with van der Waals surface area (Å²) in [6.45, 7) is 6.38. The zero-order valence-electron chi connectivity index (χ0n) is 16.5. The molecular weight excluding hydrogens is 360 g/mol. The van der Waals surface area contributed by atoms with E-state index in [1.54, 1.807) is 0 Å². The minimum Gasteiger partial charge on any atom is -0.489 e. The molecule has 4 rings (SSSR count). The maximum Gasteiger partial charge on any atom is 0.228 e. The Labute approximate surface area is 165 Å². The number of ether oxygens (including phenoxy) is 3. The lowest BCUT2D eigenvalue weighted by molar-refractivity contribution is -0.187. The van der Waals surface area contributed by atoms with Crippen molar-refractivity contribution in [1.29, 1.82) is 0 Å². The van der Waals surface area contributed by atoms with Gasteiger partial charge < -0.3 is 24.4 Å². The molecule has 2 heterocycles. The molecule has 2 atom stereocenters. The molecule has 2 unspecified atom stereocenters. The van der Waals surface area contributed by atoms with Crippen LogP contribution in [0.15, 0.2) is 24.3 Å². The van der Waals surface area contributed by atoms with Gasteiger partial charge in [-0.25, -0.2) is 0 Å². The molecule has 1 N–H and O–H groups in total. The molecule has 0 radical (unpaired) electrons. The van der Waals surface area contributed by atoms with E-state index in [4.69, 9.17) is 14.2 Å². The molecule has 0 bridgehead atoms. The molecule has 3 aliphatic rings. The number of para-hydroxylation sites is 2. The molecule has 2 aliphatic heterocycles. The number of anilines is 1. The Bertz CT molecular complexity index is 734. The Morgan fingerprint density at radius 2 is 1.82 bits per heavy atom. The summed E-state index contributed by atoms with van der Waals surface area (Å²) < 4.78 is 17.2. The molecule has 1 aromatic rings. The highest BCUT2D eigenvalue weighted by atomic mass is 16.7. The fraction of sp³-hybridized carbons (Fsp3) is 0.619. The highest BCUT2D eigenvalue weighted by Gasteiger charge is 2.51. The smallest absolute Gasteiger partial charge is 0.228 e. The number of likely N-dealkylation sites (tertiary alicyclic amines) is 1. The van der Waals surface area contributed by atoms with E-state index in [0.717, 1.165) is 0 Å². The standard InChI is InChI=1S/C21H28N2O5/c1-14(2)28-18-6-4-3-5-17(18)22-19(24)15-13-16(15)20(25)23-9-7-21(8-10-23)26-11-12-27-21/h3-6,14-16H,7-13H2,1-2H3,(H,22,24). The van der Waals surface area contributed by atoms with E-state index in [1.807, 2.05) is 43.0 Å². The Hall–Kier alpha value is -2.12. The van der Waals surface area contributed by atoms with Crippen LogP contribution in [0.5, 0.6) is 5.75 Å². The summed E-state index contributed by atoms with van der Waals surface area (Å²) in [4.78, 5) is 27.3. The van der Waals surface area contributed by atoms with Crippen molar-refractivity contribution in [2.75, 3.05) is 31.6 Å². The van der Waals surface area contributed by atoms with E-state index in [9.17, 15) is 9.59 Å². The molecule has 1 saturated carbocycles. The Kier molecular flexibility index (Phi) is 5.29. The van der Waals surface area contributed by atoms with Gasteiger partial charge in [0.1, 0.15) is 5.75 Å². The molecule has 7 nitrogen and oxygen atoms in total. The van der Waals surface area contributed by atoms with Gasteiger partial charge in [0.2, 0.25) is 11.8 Å². The van der Waals surface area contributed by atoms with Crippen molar-refractivity contribution in [2.45, 2.75) is 45.0 Å². The summed E-state index contributed by atoms with van der Waals surface area (Å²) >= 11 is 0. The fourth-order valence-electron chi connectivity index (χ4n) is 4.00. The number of amides is 2. The largest absolute Gasteiger partial charge is 0.489 e. The summed E-state index contributed by atoms with van der Waals surface area (Å²) in [6, 6.07) is 7.38. The zero-order valence-corrected chi connectivity index (χ0v) is 16.5. The maximum atomic E-state index is 12.8. The van der Waals surface area contributed by atoms with Crippen LogP contribution < -0.4 is 10.1 Å². The third kappa shape index (κ3) is 4.00. The van der Waals surface area contributed by atoms with Gasteiger partial charge in [-0.05, 0) is 32.4 Å². The van der Waals surface area contributed by atoms with Gasteiger partial charge in [0.25, 0.3) is 0 Å². The van der Waals surface area contributed by atoms with Crippen molar-refractivity contribution < 1.29 is 23.8 Å². The van der Waals surface area contributed by atoms with Crippen molar-refractivity contribution in [2.24, 2.45) is 11.8 Å². The van der Waals surface area contributed by atoms with Crippen LogP contribution >= 0.6 is 0 Å². The van der Waals surface area contributed by atoms with Crippen LogP contribution in [-0.2, 0) is 19.1 Å². The van der Waals surface area contributed by atoms with Crippen molar-refractivity contribution in [3.63, 3.8) is 0 Å². The first kappa shape index (κ1) is 19.2. The second-order valence-electron chi connectivity index (χ2n) is 8.03. The second-order valence-corrected chi connectivity index (χ2v) is 8.03. The number of nitrogens with one attached hydrogen (secondary N) is 1. The predicted octanol–water partition coefficient (Wildman–Crippen LogP) is 2.41. The van der Waals surface area contributed by atoms with Crippen LogP contribution in [0.25, 0.3) is 0 Å². The number of benzene rings is 1. The lowest BCUT2D eigenvalue weighted by atomic mass is 10.0. The summed E-state index contributed by atoms with van der Waals surface area (Å²) in [5.74, 6) is -0.384. The van der Waals surface area contributed by atoms with Crippen LogP contribution in [0.4, 0.5) is 5.69 Å². The van der Waals surface area contributed by atoms with Crippen LogP contribution in [-0.4, -0.2) is 54.9 Å². The van der Waals surface area contributed by atoms with Crippen molar-refractivity contribution in [3.05, 3.63) is 24.3 Å². The van der Waals surface area contributed by atoms with E-state index < -0.39 is 5.79 Å². The van der Waals surface area contributed by atoms with E-state index in [0.29, 0.717) is 57.0 Å². The summed E-state index contributed by atoms with van der Waals surface area (Å²) in [5, 5.41) is 2.93. The van der Waals surface area contributed by atoms with Gasteiger partial charge in [0.05, 0.1) is 36.8 Å². The van der Waals surface area contributed by atoms with Crippen molar-refractivity contribution in [1.82, 2.24) is 4.90 Å². The molecular formula is C21H28N2O5. The number of hydrogen-bond acceptors (Lipinski definition) is 5. The monoisotopic (exact) mass is 388 g/mol. The molecule has 152 valence electrons. The number of hydrogen-bond donors (Lipinski definition) is 1. The topological polar surface area (TPSA) is 77.1 Å². The van der Waals surface area contributed by atoms with Crippen LogP contribution in [0, 0.1) is 11.8 Å². The number of piperidine rings is 1. The van der Waals surface area contributed by atoms with E-state index in [1.165, 1.54) is 0 Å². The van der Waals surface area contributed by atoms with Crippen LogP contribution in [0.2, 0.25) is 0 Å². The Morgan fingerprint density at radius 3 is 2.50 bits per heavy atom. The predicted molar refractivity (Wildman–Crippen MR) is 103 cm³/mol. The molecule has 1 aromatic carbocycles. The van der Waals surface area contributed by atoms with E-state index in [-0.39, 0.29) is 29.8 Å². The average molecular weight is 388 g/mol. The molecule has 2 amide bonds. The van der Waals surface area contributed by atoms with Gasteiger partial charge in [-0.1, -0.05) is 12.1 Å². The van der Waals surface area contributed by atoms with Gasteiger partial charge in [-0.3, -0.25) is 9.59 Å². The Morgan fingerprint density at radius 1 is 1.14 bits per heavy atom. The highest BCUT2D eigenvalue weighted by molar-refractivity contribution is 6.00. The molecule has 1 spiro atoms. The number of carbonyl (C=O) groups is 2. The summed E-state index contributed by atoms with van der Waals surface area (Å²) in [6.07, 6.45) is 2.01. The van der Waals surface area contributed by atoms with Gasteiger partial charge in [-0.15, -0.1) is 0 Å².